The summed E-state index contributed by atoms with van der Waals surface area (Å²) < 4.78 is 0. The predicted molar refractivity (Wildman–Crippen MR) is 144 cm³/mol. The molecule has 1 aromatic heterocycles. The van der Waals surface area contributed by atoms with Gasteiger partial charge < -0.3 is 20.4 Å². The van der Waals surface area contributed by atoms with Crippen LogP contribution in [0.1, 0.15) is 12.0 Å². The predicted octanol–water partition coefficient (Wildman–Crippen LogP) is 4.26. The van der Waals surface area contributed by atoms with E-state index in [2.05, 4.69) is 61.9 Å². The van der Waals surface area contributed by atoms with Crippen LogP contribution in [0.15, 0.2) is 66.7 Å². The summed E-state index contributed by atoms with van der Waals surface area (Å²) in [5.74, 6) is -0.734. The topological polar surface area (TPSA) is 93.4 Å². The Morgan fingerprint density at radius 1 is 0.889 bits per heavy atom. The van der Waals surface area contributed by atoms with Gasteiger partial charge in [-0.05, 0) is 62.0 Å². The number of hydrogen-bond donors (Lipinski definition) is 3. The molecule has 184 valence electrons. The standard InChI is InChI=1S/C28H30N6O2/c1-19-4-3-5-21(16-19)29-26(35)18-27(36)30-22-8-11-24-25(17-22)31-32-28(24)20-6-9-23(10-7-20)34-14-12-33(2)13-15-34/h3-11,16-17H,12-15,18H2,1-2H3,(H,29,35)(H,30,36)(H,31,32). The molecule has 3 aromatic carbocycles. The monoisotopic (exact) mass is 482 g/mol. The number of benzene rings is 3. The van der Waals surface area contributed by atoms with E-state index in [-0.39, 0.29) is 18.2 Å². The smallest absolute Gasteiger partial charge is 0.233 e. The Morgan fingerprint density at radius 3 is 2.28 bits per heavy atom. The molecule has 3 N–H and O–H groups in total. The first-order valence-electron chi connectivity index (χ1n) is 12.1. The molecule has 0 spiro atoms. The van der Waals surface area contributed by atoms with E-state index in [1.54, 1.807) is 6.07 Å². The van der Waals surface area contributed by atoms with E-state index >= 15 is 0 Å². The molecule has 1 aliphatic heterocycles. The summed E-state index contributed by atoms with van der Waals surface area (Å²) in [7, 11) is 2.16. The van der Waals surface area contributed by atoms with Gasteiger partial charge >= 0.3 is 0 Å². The fourth-order valence-corrected chi connectivity index (χ4v) is 4.49. The van der Waals surface area contributed by atoms with Gasteiger partial charge in [0.05, 0.1) is 11.2 Å². The number of aromatic nitrogens is 2. The second kappa shape index (κ2) is 10.2. The summed E-state index contributed by atoms with van der Waals surface area (Å²) >= 11 is 0. The first kappa shape index (κ1) is 23.6. The molecule has 8 nitrogen and oxygen atoms in total. The molecule has 2 heterocycles. The molecule has 1 aliphatic rings. The van der Waals surface area contributed by atoms with Crippen molar-refractivity contribution in [3.63, 3.8) is 0 Å². The number of amides is 2. The van der Waals surface area contributed by atoms with Crippen molar-refractivity contribution in [1.29, 1.82) is 0 Å². The van der Waals surface area contributed by atoms with Gasteiger partial charge in [0.1, 0.15) is 6.42 Å². The molecule has 2 amide bonds. The lowest BCUT2D eigenvalue weighted by atomic mass is 10.1. The molecule has 0 aliphatic carbocycles. The van der Waals surface area contributed by atoms with Crippen molar-refractivity contribution in [3.05, 3.63) is 72.3 Å². The highest BCUT2D eigenvalue weighted by Gasteiger charge is 2.16. The van der Waals surface area contributed by atoms with E-state index in [1.165, 1.54) is 5.69 Å². The maximum Gasteiger partial charge on any atom is 0.233 e. The van der Waals surface area contributed by atoms with E-state index in [9.17, 15) is 9.59 Å². The Kier molecular flexibility index (Phi) is 6.69. The molecule has 0 atom stereocenters. The number of fused-ring (bicyclic) bond motifs is 1. The SMILES string of the molecule is Cc1cccc(NC(=O)CC(=O)Nc2ccc3c(-c4ccc(N5CCN(C)CC5)cc4)n[nH]c3c2)c1. The highest BCUT2D eigenvalue weighted by atomic mass is 16.2. The number of aryl methyl sites for hydroxylation is 1. The molecule has 0 bridgehead atoms. The Labute approximate surface area is 210 Å². The molecule has 0 saturated carbocycles. The average molecular weight is 483 g/mol. The van der Waals surface area contributed by atoms with Crippen LogP contribution in [-0.4, -0.2) is 60.1 Å². The summed E-state index contributed by atoms with van der Waals surface area (Å²) in [6.07, 6.45) is -0.264. The second-order valence-electron chi connectivity index (χ2n) is 9.31. The lowest BCUT2D eigenvalue weighted by Gasteiger charge is -2.34. The van der Waals surface area contributed by atoms with Crippen LogP contribution in [0.5, 0.6) is 0 Å². The summed E-state index contributed by atoms with van der Waals surface area (Å²) in [6, 6.07) is 21.6. The fourth-order valence-electron chi connectivity index (χ4n) is 4.49. The van der Waals surface area contributed by atoms with Crippen molar-refractivity contribution in [1.82, 2.24) is 15.1 Å². The number of nitrogens with zero attached hydrogens (tertiary/aromatic N) is 3. The van der Waals surface area contributed by atoms with Crippen LogP contribution in [0.3, 0.4) is 0 Å². The first-order valence-corrected chi connectivity index (χ1v) is 12.1. The minimum absolute atomic E-state index is 0.264. The van der Waals surface area contributed by atoms with Crippen molar-refractivity contribution in [2.45, 2.75) is 13.3 Å². The largest absolute Gasteiger partial charge is 0.369 e. The van der Waals surface area contributed by atoms with E-state index < -0.39 is 0 Å². The lowest BCUT2D eigenvalue weighted by molar-refractivity contribution is -0.123. The third-order valence-corrected chi connectivity index (χ3v) is 6.48. The Balaban J connectivity index is 1.23. The summed E-state index contributed by atoms with van der Waals surface area (Å²) in [5.41, 5.74) is 6.26. The third kappa shape index (κ3) is 5.39. The van der Waals surface area contributed by atoms with Crippen molar-refractivity contribution in [3.8, 4) is 11.3 Å². The van der Waals surface area contributed by atoms with E-state index in [4.69, 9.17) is 0 Å². The highest BCUT2D eigenvalue weighted by molar-refractivity contribution is 6.08. The van der Waals surface area contributed by atoms with Crippen LogP contribution in [0.2, 0.25) is 0 Å². The number of piperazine rings is 1. The van der Waals surface area contributed by atoms with Crippen LogP contribution in [0, 0.1) is 6.92 Å². The Hall–Kier alpha value is -4.17. The summed E-state index contributed by atoms with van der Waals surface area (Å²) in [6.45, 7) is 6.15. The zero-order valence-corrected chi connectivity index (χ0v) is 20.5. The highest BCUT2D eigenvalue weighted by Crippen LogP contribution is 2.30. The maximum absolute atomic E-state index is 12.4. The fraction of sp³-hybridized carbons (Fsp3) is 0.250. The molecule has 0 unspecified atom stereocenters. The van der Waals surface area contributed by atoms with Gasteiger partial charge in [-0.25, -0.2) is 0 Å². The van der Waals surface area contributed by atoms with Crippen molar-refractivity contribution >= 4 is 39.8 Å². The van der Waals surface area contributed by atoms with E-state index in [0.717, 1.165) is 53.9 Å². The number of carbonyl (C=O) groups is 2. The number of aromatic amines is 1. The first-order chi connectivity index (χ1) is 17.4. The van der Waals surface area contributed by atoms with Crippen molar-refractivity contribution in [2.75, 3.05) is 48.8 Å². The molecule has 1 fully saturated rings. The normalized spacial score (nSPS) is 14.1. The van der Waals surface area contributed by atoms with E-state index in [0.29, 0.717) is 11.4 Å². The average Bonchev–Trinajstić information content (AvgIpc) is 3.28. The number of anilines is 3. The molecule has 4 aromatic rings. The zero-order valence-electron chi connectivity index (χ0n) is 20.5. The lowest BCUT2D eigenvalue weighted by Crippen LogP contribution is -2.44. The quantitative estimate of drug-likeness (QED) is 0.357. The number of hydrogen-bond acceptors (Lipinski definition) is 5. The molecule has 8 heteroatoms. The molecule has 1 saturated heterocycles. The van der Waals surface area contributed by atoms with Crippen LogP contribution >= 0.6 is 0 Å². The van der Waals surface area contributed by atoms with Crippen LogP contribution < -0.4 is 15.5 Å². The summed E-state index contributed by atoms with van der Waals surface area (Å²) in [4.78, 5) is 29.4. The van der Waals surface area contributed by atoms with Gasteiger partial charge in [0.15, 0.2) is 0 Å². The second-order valence-corrected chi connectivity index (χ2v) is 9.31. The number of rotatable bonds is 6. The van der Waals surface area contributed by atoms with Gasteiger partial charge in [-0.1, -0.05) is 24.3 Å². The van der Waals surface area contributed by atoms with Gasteiger partial charge in [0.25, 0.3) is 0 Å². The van der Waals surface area contributed by atoms with Gasteiger partial charge in [-0.3, -0.25) is 14.7 Å². The Morgan fingerprint density at radius 2 is 1.58 bits per heavy atom. The van der Waals surface area contributed by atoms with Gasteiger partial charge in [0, 0.05) is 54.2 Å². The number of nitrogens with one attached hydrogen (secondary N) is 3. The third-order valence-electron chi connectivity index (χ3n) is 6.48. The van der Waals surface area contributed by atoms with Crippen LogP contribution in [-0.2, 0) is 9.59 Å². The van der Waals surface area contributed by atoms with Gasteiger partial charge in [-0.15, -0.1) is 0 Å². The van der Waals surface area contributed by atoms with Gasteiger partial charge in [0.2, 0.25) is 11.8 Å². The van der Waals surface area contributed by atoms with E-state index in [1.807, 2.05) is 43.3 Å². The number of likely N-dealkylation sites (N-methyl/N-ethyl adjacent to an activating group) is 1. The minimum atomic E-state index is -0.376. The van der Waals surface area contributed by atoms with Crippen molar-refractivity contribution < 1.29 is 9.59 Å². The molecule has 36 heavy (non-hydrogen) atoms. The molecular weight excluding hydrogens is 452 g/mol. The van der Waals surface area contributed by atoms with Crippen LogP contribution in [0.4, 0.5) is 17.1 Å². The maximum atomic E-state index is 12.4. The zero-order chi connectivity index (χ0) is 25.1. The van der Waals surface area contributed by atoms with Gasteiger partial charge in [-0.2, -0.15) is 5.10 Å². The number of H-pyrrole nitrogens is 1. The Bertz CT molecular complexity index is 1390. The van der Waals surface area contributed by atoms with Crippen LogP contribution in [0.25, 0.3) is 22.2 Å². The van der Waals surface area contributed by atoms with Crippen molar-refractivity contribution in [2.24, 2.45) is 0 Å². The molecular formula is C28H30N6O2. The molecule has 0 radical (unpaired) electrons. The number of carbonyl (C=O) groups excluding carboxylic acids is 2. The minimum Gasteiger partial charge on any atom is -0.369 e. The summed E-state index contributed by atoms with van der Waals surface area (Å²) in [5, 5.41) is 14.1. The molecule has 5 rings (SSSR count).